The van der Waals surface area contributed by atoms with E-state index in [1.807, 2.05) is 25.1 Å². The molecule has 0 atom stereocenters. The lowest BCUT2D eigenvalue weighted by molar-refractivity contribution is 0.234. The minimum absolute atomic E-state index is 0.531. The van der Waals surface area contributed by atoms with Crippen LogP contribution in [0.2, 0.25) is 0 Å². The van der Waals surface area contributed by atoms with Crippen molar-refractivity contribution in [1.82, 2.24) is 0 Å². The van der Waals surface area contributed by atoms with Crippen LogP contribution in [0.3, 0.4) is 0 Å². The van der Waals surface area contributed by atoms with E-state index in [-0.39, 0.29) is 0 Å². The molecule has 0 aromatic heterocycles. The molecule has 0 amide bonds. The Kier molecular flexibility index (Phi) is 4.88. The van der Waals surface area contributed by atoms with Gasteiger partial charge in [-0.2, -0.15) is 0 Å². The van der Waals surface area contributed by atoms with Gasteiger partial charge in [0, 0.05) is 6.54 Å². The van der Waals surface area contributed by atoms with Crippen molar-refractivity contribution in [2.45, 2.75) is 39.2 Å². The van der Waals surface area contributed by atoms with Gasteiger partial charge in [-0.3, -0.25) is 0 Å². The summed E-state index contributed by atoms with van der Waals surface area (Å²) in [4.78, 5) is 0. The van der Waals surface area contributed by atoms with E-state index in [2.05, 4.69) is 0 Å². The van der Waals surface area contributed by atoms with Crippen LogP contribution in [0.5, 0.6) is 11.5 Å². The van der Waals surface area contributed by atoms with Crippen LogP contribution in [-0.2, 0) is 6.54 Å². The first-order valence-electron chi connectivity index (χ1n) is 6.92. The summed E-state index contributed by atoms with van der Waals surface area (Å²) in [5.41, 5.74) is 6.72. The molecule has 0 saturated heterocycles. The third kappa shape index (κ3) is 3.39. The van der Waals surface area contributed by atoms with Gasteiger partial charge in [-0.25, -0.2) is 0 Å². The maximum atomic E-state index is 5.91. The molecule has 2 N–H and O–H groups in total. The van der Waals surface area contributed by atoms with Gasteiger partial charge in [-0.15, -0.1) is 0 Å². The van der Waals surface area contributed by atoms with Gasteiger partial charge < -0.3 is 15.2 Å². The van der Waals surface area contributed by atoms with Gasteiger partial charge in [0.05, 0.1) is 13.2 Å². The molecule has 0 spiro atoms. The van der Waals surface area contributed by atoms with Gasteiger partial charge in [0.15, 0.2) is 11.5 Å². The number of benzene rings is 1. The highest BCUT2D eigenvalue weighted by atomic mass is 16.5. The quantitative estimate of drug-likeness (QED) is 0.842. The van der Waals surface area contributed by atoms with Crippen molar-refractivity contribution in [3.63, 3.8) is 0 Å². The van der Waals surface area contributed by atoms with Gasteiger partial charge in [-0.1, -0.05) is 18.9 Å². The molecule has 0 radical (unpaired) electrons. The van der Waals surface area contributed by atoms with Crippen LogP contribution >= 0.6 is 0 Å². The largest absolute Gasteiger partial charge is 0.490 e. The summed E-state index contributed by atoms with van der Waals surface area (Å²) in [6, 6.07) is 5.96. The van der Waals surface area contributed by atoms with Crippen molar-refractivity contribution in [2.75, 3.05) is 13.2 Å². The Morgan fingerprint density at radius 1 is 1.17 bits per heavy atom. The predicted octanol–water partition coefficient (Wildman–Crippen LogP) is 3.11. The molecule has 2 rings (SSSR count). The van der Waals surface area contributed by atoms with Crippen LogP contribution < -0.4 is 15.2 Å². The second-order valence-corrected chi connectivity index (χ2v) is 4.88. The van der Waals surface area contributed by atoms with Gasteiger partial charge in [0.1, 0.15) is 0 Å². The van der Waals surface area contributed by atoms with Crippen molar-refractivity contribution in [1.29, 1.82) is 0 Å². The first kappa shape index (κ1) is 13.2. The fourth-order valence-electron chi connectivity index (χ4n) is 2.45. The summed E-state index contributed by atoms with van der Waals surface area (Å²) in [5, 5.41) is 0. The summed E-state index contributed by atoms with van der Waals surface area (Å²) in [6.45, 7) is 3.97. The van der Waals surface area contributed by atoms with Crippen LogP contribution in [-0.4, -0.2) is 13.2 Å². The molecule has 0 aliphatic heterocycles. The highest BCUT2D eigenvalue weighted by Crippen LogP contribution is 2.31. The highest BCUT2D eigenvalue weighted by Gasteiger charge is 2.16. The summed E-state index contributed by atoms with van der Waals surface area (Å²) in [6.07, 6.45) is 5.28. The van der Waals surface area contributed by atoms with Crippen LogP contribution in [0.15, 0.2) is 18.2 Å². The topological polar surface area (TPSA) is 44.5 Å². The molecule has 1 saturated carbocycles. The molecule has 0 bridgehead atoms. The Bertz CT molecular complexity index is 373. The van der Waals surface area contributed by atoms with E-state index in [9.17, 15) is 0 Å². The lowest BCUT2D eigenvalue weighted by atomic mass is 10.1. The molecule has 0 heterocycles. The molecule has 3 nitrogen and oxygen atoms in total. The molecular formula is C15H23NO2. The van der Waals surface area contributed by atoms with Crippen LogP contribution in [0.1, 0.15) is 38.2 Å². The Balaban J connectivity index is 2.00. The second-order valence-electron chi connectivity index (χ2n) is 4.88. The number of nitrogens with two attached hydrogens (primary N) is 1. The maximum Gasteiger partial charge on any atom is 0.161 e. The fraction of sp³-hybridized carbons (Fsp3) is 0.600. The van der Waals surface area contributed by atoms with E-state index in [0.717, 1.165) is 23.7 Å². The summed E-state index contributed by atoms with van der Waals surface area (Å²) in [7, 11) is 0. The third-order valence-electron chi connectivity index (χ3n) is 3.49. The van der Waals surface area contributed by atoms with Gasteiger partial charge >= 0.3 is 0 Å². The van der Waals surface area contributed by atoms with Crippen molar-refractivity contribution in [3.8, 4) is 11.5 Å². The molecule has 1 aliphatic carbocycles. The van der Waals surface area contributed by atoms with Gasteiger partial charge in [-0.05, 0) is 43.4 Å². The summed E-state index contributed by atoms with van der Waals surface area (Å²) >= 11 is 0. The Labute approximate surface area is 109 Å². The van der Waals surface area contributed by atoms with E-state index >= 15 is 0 Å². The molecule has 18 heavy (non-hydrogen) atoms. The minimum Gasteiger partial charge on any atom is -0.490 e. The molecule has 1 aliphatic rings. The van der Waals surface area contributed by atoms with Crippen molar-refractivity contribution < 1.29 is 9.47 Å². The number of hydrogen-bond donors (Lipinski definition) is 1. The molecule has 0 unspecified atom stereocenters. The van der Waals surface area contributed by atoms with Crippen molar-refractivity contribution in [2.24, 2.45) is 11.7 Å². The number of hydrogen-bond acceptors (Lipinski definition) is 3. The summed E-state index contributed by atoms with van der Waals surface area (Å²) < 4.78 is 11.5. The smallest absolute Gasteiger partial charge is 0.161 e. The van der Waals surface area contributed by atoms with E-state index < -0.39 is 0 Å². The van der Waals surface area contributed by atoms with Crippen molar-refractivity contribution >= 4 is 0 Å². The predicted molar refractivity (Wildman–Crippen MR) is 73.0 cm³/mol. The average Bonchev–Trinajstić information content (AvgIpc) is 2.90. The van der Waals surface area contributed by atoms with Crippen LogP contribution in [0.25, 0.3) is 0 Å². The Morgan fingerprint density at radius 2 is 1.94 bits per heavy atom. The average molecular weight is 249 g/mol. The second kappa shape index (κ2) is 6.64. The van der Waals surface area contributed by atoms with Crippen molar-refractivity contribution in [3.05, 3.63) is 23.8 Å². The first-order valence-corrected chi connectivity index (χ1v) is 6.92. The molecule has 1 aromatic rings. The fourth-order valence-corrected chi connectivity index (χ4v) is 2.45. The Morgan fingerprint density at radius 3 is 2.61 bits per heavy atom. The zero-order valence-corrected chi connectivity index (χ0v) is 11.2. The molecular weight excluding hydrogens is 226 g/mol. The molecule has 100 valence electrons. The van der Waals surface area contributed by atoms with E-state index in [0.29, 0.717) is 19.1 Å². The maximum absolute atomic E-state index is 5.91. The van der Waals surface area contributed by atoms with Crippen LogP contribution in [0, 0.1) is 5.92 Å². The minimum atomic E-state index is 0.531. The summed E-state index contributed by atoms with van der Waals surface area (Å²) in [5.74, 6) is 2.38. The normalized spacial score (nSPS) is 15.9. The zero-order valence-electron chi connectivity index (χ0n) is 11.2. The first-order chi connectivity index (χ1) is 8.83. The number of rotatable bonds is 6. The Hall–Kier alpha value is -1.22. The molecule has 1 aromatic carbocycles. The van der Waals surface area contributed by atoms with E-state index in [1.165, 1.54) is 25.7 Å². The molecule has 3 heteroatoms. The lowest BCUT2D eigenvalue weighted by Gasteiger charge is -2.15. The third-order valence-corrected chi connectivity index (χ3v) is 3.49. The van der Waals surface area contributed by atoms with E-state index in [1.54, 1.807) is 0 Å². The van der Waals surface area contributed by atoms with Gasteiger partial charge in [0.2, 0.25) is 0 Å². The SMILES string of the molecule is CCOc1cc(CN)ccc1OCC1CCCC1. The highest BCUT2D eigenvalue weighted by molar-refractivity contribution is 5.43. The zero-order chi connectivity index (χ0) is 12.8. The molecule has 1 fully saturated rings. The standard InChI is InChI=1S/C15H23NO2/c1-2-17-15-9-13(10-16)7-8-14(15)18-11-12-5-3-4-6-12/h7-9,12H,2-6,10-11,16H2,1H3. The van der Waals surface area contributed by atoms with Gasteiger partial charge in [0.25, 0.3) is 0 Å². The monoisotopic (exact) mass is 249 g/mol. The van der Waals surface area contributed by atoms with E-state index in [4.69, 9.17) is 15.2 Å². The lowest BCUT2D eigenvalue weighted by Crippen LogP contribution is -2.09. The van der Waals surface area contributed by atoms with Crippen LogP contribution in [0.4, 0.5) is 0 Å². The number of ether oxygens (including phenoxy) is 2.